The zero-order valence-corrected chi connectivity index (χ0v) is 11.1. The van der Waals surface area contributed by atoms with Gasteiger partial charge in [0.15, 0.2) is 10.8 Å². The van der Waals surface area contributed by atoms with Gasteiger partial charge in [-0.2, -0.15) is 0 Å². The Balaban J connectivity index is 2.45. The zero-order valence-electron chi connectivity index (χ0n) is 11.1. The largest absolute Gasteiger partial charge is 0.325 e. The molecule has 1 unspecified atom stereocenters. The topological polar surface area (TPSA) is 96.6 Å². The minimum atomic E-state index is -0.695. The SMILES string of the molecule is CC(=O)C1=C(C)NC(N[N+](=O)[O-])=NC1c1ccccc1. The third kappa shape index (κ3) is 2.82. The number of rotatable bonds is 3. The van der Waals surface area contributed by atoms with Crippen molar-refractivity contribution in [2.24, 2.45) is 4.99 Å². The monoisotopic (exact) mass is 274 g/mol. The molecule has 2 rings (SSSR count). The summed E-state index contributed by atoms with van der Waals surface area (Å²) < 4.78 is 0. The number of carbonyl (C=O) groups excluding carboxylic acids is 1. The van der Waals surface area contributed by atoms with Gasteiger partial charge in [-0.05, 0) is 19.4 Å². The number of Topliss-reactive ketones (excluding diaryl/α,β-unsaturated/α-hetero) is 1. The van der Waals surface area contributed by atoms with E-state index in [0.29, 0.717) is 11.3 Å². The predicted octanol–water partition coefficient (Wildman–Crippen LogP) is 1.33. The summed E-state index contributed by atoms with van der Waals surface area (Å²) in [7, 11) is 0. The Morgan fingerprint density at radius 1 is 1.40 bits per heavy atom. The number of carbonyl (C=O) groups is 1. The van der Waals surface area contributed by atoms with Crippen LogP contribution < -0.4 is 10.7 Å². The first-order valence-electron chi connectivity index (χ1n) is 6.01. The molecule has 0 aromatic heterocycles. The number of hydrogen-bond donors (Lipinski definition) is 2. The van der Waals surface area contributed by atoms with Gasteiger partial charge in [-0.15, -0.1) is 0 Å². The van der Waals surface area contributed by atoms with Crippen LogP contribution in [-0.4, -0.2) is 16.8 Å². The fourth-order valence-corrected chi connectivity index (χ4v) is 2.15. The lowest BCUT2D eigenvalue weighted by atomic mass is 9.94. The van der Waals surface area contributed by atoms with Gasteiger partial charge >= 0.3 is 0 Å². The quantitative estimate of drug-likeness (QED) is 0.640. The molecule has 20 heavy (non-hydrogen) atoms. The van der Waals surface area contributed by atoms with Gasteiger partial charge in [-0.1, -0.05) is 35.8 Å². The summed E-state index contributed by atoms with van der Waals surface area (Å²) >= 11 is 0. The van der Waals surface area contributed by atoms with Gasteiger partial charge in [-0.3, -0.25) is 4.79 Å². The second-order valence-electron chi connectivity index (χ2n) is 4.38. The van der Waals surface area contributed by atoms with Crippen molar-refractivity contribution in [2.75, 3.05) is 0 Å². The maximum absolute atomic E-state index is 11.8. The number of aliphatic imine (C=N–C) groups is 1. The Bertz CT molecular complexity index is 607. The van der Waals surface area contributed by atoms with Crippen LogP contribution in [0.15, 0.2) is 46.6 Å². The van der Waals surface area contributed by atoms with Crippen molar-refractivity contribution < 1.29 is 9.83 Å². The van der Waals surface area contributed by atoms with E-state index in [1.165, 1.54) is 6.92 Å². The second-order valence-corrected chi connectivity index (χ2v) is 4.38. The highest BCUT2D eigenvalue weighted by Gasteiger charge is 2.28. The molecule has 104 valence electrons. The number of hydrogen-bond acceptors (Lipinski definition) is 5. The number of allylic oxidation sites excluding steroid dienone is 1. The molecule has 7 nitrogen and oxygen atoms in total. The molecule has 0 saturated carbocycles. The maximum atomic E-state index is 11.8. The van der Waals surface area contributed by atoms with Crippen molar-refractivity contribution in [3.05, 3.63) is 57.3 Å². The first-order valence-corrected chi connectivity index (χ1v) is 6.01. The third-order valence-electron chi connectivity index (χ3n) is 2.93. The molecule has 1 aliphatic heterocycles. The molecule has 2 N–H and O–H groups in total. The summed E-state index contributed by atoms with van der Waals surface area (Å²) in [5.74, 6) is -0.0980. The van der Waals surface area contributed by atoms with Gasteiger partial charge in [0, 0.05) is 11.3 Å². The predicted molar refractivity (Wildman–Crippen MR) is 73.3 cm³/mol. The van der Waals surface area contributed by atoms with Crippen molar-refractivity contribution in [2.45, 2.75) is 19.9 Å². The van der Waals surface area contributed by atoms with Gasteiger partial charge in [0.1, 0.15) is 6.04 Å². The molecule has 0 saturated heterocycles. The molecular formula is C13H14N4O3. The lowest BCUT2D eigenvalue weighted by Gasteiger charge is -2.24. The van der Waals surface area contributed by atoms with Crippen molar-refractivity contribution in [3.63, 3.8) is 0 Å². The maximum Gasteiger partial charge on any atom is 0.259 e. The standard InChI is InChI=1S/C13H14N4O3/c1-8-11(9(2)18)12(10-6-4-3-5-7-10)15-13(14-8)16-17(19)20/h3-7,12H,1-2H3,(H2,14,15,16). The minimum absolute atomic E-state index is 0.0198. The van der Waals surface area contributed by atoms with E-state index in [1.807, 2.05) is 35.8 Å². The fraction of sp³-hybridized carbons (Fsp3) is 0.231. The van der Waals surface area contributed by atoms with Crippen molar-refractivity contribution in [1.29, 1.82) is 0 Å². The van der Waals surface area contributed by atoms with E-state index >= 15 is 0 Å². The van der Waals surface area contributed by atoms with E-state index < -0.39 is 11.1 Å². The van der Waals surface area contributed by atoms with Gasteiger partial charge in [0.2, 0.25) is 0 Å². The molecule has 1 aliphatic rings. The first-order chi connectivity index (χ1) is 9.49. The molecule has 1 heterocycles. The lowest BCUT2D eigenvalue weighted by molar-refractivity contribution is -0.525. The molecule has 0 aliphatic carbocycles. The average Bonchev–Trinajstić information content (AvgIpc) is 2.37. The van der Waals surface area contributed by atoms with Crippen LogP contribution in [0.5, 0.6) is 0 Å². The van der Waals surface area contributed by atoms with Gasteiger partial charge in [-0.25, -0.2) is 15.1 Å². The van der Waals surface area contributed by atoms with Gasteiger partial charge in [0.25, 0.3) is 5.96 Å². The number of hydrazine groups is 1. The molecular weight excluding hydrogens is 260 g/mol. The van der Waals surface area contributed by atoms with Crippen LogP contribution in [0.25, 0.3) is 0 Å². The summed E-state index contributed by atoms with van der Waals surface area (Å²) in [4.78, 5) is 26.5. The normalized spacial score (nSPS) is 18.1. The van der Waals surface area contributed by atoms with E-state index in [4.69, 9.17) is 0 Å². The van der Waals surface area contributed by atoms with Crippen molar-refractivity contribution in [3.8, 4) is 0 Å². The molecule has 0 amide bonds. The number of benzene rings is 1. The molecule has 0 fully saturated rings. The number of nitrogens with zero attached hydrogens (tertiary/aromatic N) is 2. The van der Waals surface area contributed by atoms with E-state index in [2.05, 4.69) is 10.3 Å². The Labute approximate surface area is 115 Å². The number of nitrogens with one attached hydrogen (secondary N) is 2. The Kier molecular flexibility index (Phi) is 3.79. The highest BCUT2D eigenvalue weighted by Crippen LogP contribution is 2.30. The van der Waals surface area contributed by atoms with Crippen LogP contribution in [0.3, 0.4) is 0 Å². The minimum Gasteiger partial charge on any atom is -0.325 e. The molecule has 1 aromatic rings. The van der Waals surface area contributed by atoms with Crippen LogP contribution in [0.2, 0.25) is 0 Å². The van der Waals surface area contributed by atoms with E-state index in [-0.39, 0.29) is 11.7 Å². The summed E-state index contributed by atoms with van der Waals surface area (Å²) in [6, 6.07) is 8.65. The highest BCUT2D eigenvalue weighted by molar-refractivity contribution is 5.98. The Hall–Kier alpha value is -2.70. The van der Waals surface area contributed by atoms with Crippen LogP contribution in [0.4, 0.5) is 0 Å². The summed E-state index contributed by atoms with van der Waals surface area (Å²) in [5, 5.41) is 12.6. The summed E-state index contributed by atoms with van der Waals surface area (Å²) in [5.41, 5.74) is 3.86. The second kappa shape index (κ2) is 5.52. The van der Waals surface area contributed by atoms with Gasteiger partial charge < -0.3 is 5.32 Å². The summed E-state index contributed by atoms with van der Waals surface area (Å²) in [6.45, 7) is 3.15. The fourth-order valence-electron chi connectivity index (χ4n) is 2.15. The molecule has 1 atom stereocenters. The first kappa shape index (κ1) is 13.7. The number of nitro groups is 1. The molecule has 0 radical (unpaired) electrons. The Morgan fingerprint density at radius 3 is 2.60 bits per heavy atom. The number of guanidine groups is 1. The smallest absolute Gasteiger partial charge is 0.259 e. The molecule has 7 heteroatoms. The Morgan fingerprint density at radius 2 is 2.05 bits per heavy atom. The van der Waals surface area contributed by atoms with Gasteiger partial charge in [0.05, 0.1) is 0 Å². The van der Waals surface area contributed by atoms with Crippen LogP contribution in [0.1, 0.15) is 25.5 Å². The van der Waals surface area contributed by atoms with E-state index in [0.717, 1.165) is 5.56 Å². The molecule has 0 spiro atoms. The van der Waals surface area contributed by atoms with E-state index in [9.17, 15) is 14.9 Å². The molecule has 1 aromatic carbocycles. The van der Waals surface area contributed by atoms with Crippen LogP contribution >= 0.6 is 0 Å². The lowest BCUT2D eigenvalue weighted by Crippen LogP contribution is -2.43. The third-order valence-corrected chi connectivity index (χ3v) is 2.93. The summed E-state index contributed by atoms with van der Waals surface area (Å²) in [6.07, 6.45) is 0. The highest BCUT2D eigenvalue weighted by atomic mass is 16.7. The van der Waals surface area contributed by atoms with E-state index in [1.54, 1.807) is 6.92 Å². The van der Waals surface area contributed by atoms with Crippen LogP contribution in [-0.2, 0) is 4.79 Å². The zero-order chi connectivity index (χ0) is 14.7. The number of ketones is 1. The molecule has 0 bridgehead atoms. The van der Waals surface area contributed by atoms with Crippen LogP contribution in [0, 0.1) is 10.1 Å². The average molecular weight is 274 g/mol. The van der Waals surface area contributed by atoms with Crippen molar-refractivity contribution in [1.82, 2.24) is 10.7 Å². The van der Waals surface area contributed by atoms with Crippen molar-refractivity contribution >= 4 is 11.7 Å².